The molecule has 0 bridgehead atoms. The van der Waals surface area contributed by atoms with Crippen molar-refractivity contribution in [3.05, 3.63) is 0 Å². The van der Waals surface area contributed by atoms with E-state index in [9.17, 15) is 4.79 Å². The number of hydrogen-bond donors (Lipinski definition) is 3. The van der Waals surface area contributed by atoms with E-state index in [1.54, 1.807) is 0 Å². The summed E-state index contributed by atoms with van der Waals surface area (Å²) in [6.07, 6.45) is 0.683. The third-order valence-corrected chi connectivity index (χ3v) is 2.93. The molecule has 96 valence electrons. The van der Waals surface area contributed by atoms with Gasteiger partial charge in [-0.1, -0.05) is 27.7 Å². The highest BCUT2D eigenvalue weighted by Crippen LogP contribution is 2.18. The Morgan fingerprint density at radius 1 is 1.44 bits per heavy atom. The van der Waals surface area contributed by atoms with E-state index < -0.39 is 0 Å². The Bertz CT molecular complexity index is 215. The molecule has 0 fully saturated rings. The maximum atomic E-state index is 11.8. The fourth-order valence-electron chi connectivity index (χ4n) is 1.53. The standard InChI is InChI=1S/C12H26N2O2/c1-9(2)10(7-13)11(16)14-8-12(3,4)5-6-15/h9-10,15H,5-8,13H2,1-4H3,(H,14,16). The lowest BCUT2D eigenvalue weighted by Gasteiger charge is -2.26. The maximum absolute atomic E-state index is 11.8. The van der Waals surface area contributed by atoms with Crippen LogP contribution >= 0.6 is 0 Å². The van der Waals surface area contributed by atoms with Crippen LogP contribution < -0.4 is 11.1 Å². The molecule has 0 aliphatic heterocycles. The molecule has 0 radical (unpaired) electrons. The van der Waals surface area contributed by atoms with Crippen LogP contribution in [0.15, 0.2) is 0 Å². The van der Waals surface area contributed by atoms with Crippen LogP contribution in [0.2, 0.25) is 0 Å². The zero-order valence-corrected chi connectivity index (χ0v) is 10.9. The molecular weight excluding hydrogens is 204 g/mol. The first-order chi connectivity index (χ1) is 7.34. The maximum Gasteiger partial charge on any atom is 0.224 e. The minimum Gasteiger partial charge on any atom is -0.396 e. The van der Waals surface area contributed by atoms with Gasteiger partial charge >= 0.3 is 0 Å². The second-order valence-electron chi connectivity index (χ2n) is 5.44. The molecule has 0 saturated heterocycles. The van der Waals surface area contributed by atoms with Gasteiger partial charge in [0.15, 0.2) is 0 Å². The van der Waals surface area contributed by atoms with Crippen molar-refractivity contribution in [3.8, 4) is 0 Å². The number of aliphatic hydroxyl groups excluding tert-OH is 1. The van der Waals surface area contributed by atoms with Crippen LogP contribution in [-0.2, 0) is 4.79 Å². The fraction of sp³-hybridized carbons (Fsp3) is 0.917. The molecule has 4 N–H and O–H groups in total. The van der Waals surface area contributed by atoms with E-state index in [0.29, 0.717) is 19.5 Å². The van der Waals surface area contributed by atoms with Crippen molar-refractivity contribution >= 4 is 5.91 Å². The Kier molecular flexibility index (Phi) is 6.60. The van der Waals surface area contributed by atoms with E-state index >= 15 is 0 Å². The SMILES string of the molecule is CC(C)C(CN)C(=O)NCC(C)(C)CCO. The van der Waals surface area contributed by atoms with Crippen LogP contribution in [-0.4, -0.2) is 30.7 Å². The largest absolute Gasteiger partial charge is 0.396 e. The molecule has 0 spiro atoms. The number of carbonyl (C=O) groups is 1. The average molecular weight is 230 g/mol. The van der Waals surface area contributed by atoms with Gasteiger partial charge in [0.05, 0.1) is 5.92 Å². The molecule has 0 aromatic heterocycles. The molecule has 16 heavy (non-hydrogen) atoms. The van der Waals surface area contributed by atoms with Gasteiger partial charge in [-0.3, -0.25) is 4.79 Å². The number of rotatable bonds is 7. The summed E-state index contributed by atoms with van der Waals surface area (Å²) < 4.78 is 0. The first-order valence-corrected chi connectivity index (χ1v) is 5.92. The molecule has 4 heteroatoms. The first-order valence-electron chi connectivity index (χ1n) is 5.92. The Balaban J connectivity index is 4.15. The molecule has 1 unspecified atom stereocenters. The van der Waals surface area contributed by atoms with Crippen LogP contribution in [0.3, 0.4) is 0 Å². The zero-order chi connectivity index (χ0) is 12.8. The van der Waals surface area contributed by atoms with Crippen LogP contribution in [0.4, 0.5) is 0 Å². The average Bonchev–Trinajstić information content (AvgIpc) is 2.15. The van der Waals surface area contributed by atoms with Crippen molar-refractivity contribution in [1.29, 1.82) is 0 Å². The topological polar surface area (TPSA) is 75.4 Å². The van der Waals surface area contributed by atoms with Crippen molar-refractivity contribution in [2.75, 3.05) is 19.7 Å². The molecule has 0 aliphatic carbocycles. The molecule has 1 amide bonds. The van der Waals surface area contributed by atoms with Crippen molar-refractivity contribution in [2.45, 2.75) is 34.1 Å². The molecule has 0 heterocycles. The van der Waals surface area contributed by atoms with Crippen molar-refractivity contribution in [2.24, 2.45) is 23.0 Å². The number of amides is 1. The molecule has 0 aromatic rings. The molecule has 0 saturated carbocycles. The number of hydrogen-bond acceptors (Lipinski definition) is 3. The van der Waals surface area contributed by atoms with Crippen LogP contribution in [0.25, 0.3) is 0 Å². The molecule has 0 aliphatic rings. The minimum atomic E-state index is -0.120. The lowest BCUT2D eigenvalue weighted by Crippen LogP contribution is -2.42. The summed E-state index contributed by atoms with van der Waals surface area (Å²) in [6, 6.07) is 0. The molecule has 0 aromatic carbocycles. The molecule has 0 rings (SSSR count). The highest BCUT2D eigenvalue weighted by atomic mass is 16.3. The Labute approximate surface area is 98.6 Å². The predicted octanol–water partition coefficient (Wildman–Crippen LogP) is 0.742. The summed E-state index contributed by atoms with van der Waals surface area (Å²) in [4.78, 5) is 11.8. The first kappa shape index (κ1) is 15.4. The fourth-order valence-corrected chi connectivity index (χ4v) is 1.53. The van der Waals surface area contributed by atoms with Crippen molar-refractivity contribution in [1.82, 2.24) is 5.32 Å². The summed E-state index contributed by atoms with van der Waals surface area (Å²) in [7, 11) is 0. The van der Waals surface area contributed by atoms with Gasteiger partial charge in [0.1, 0.15) is 0 Å². The van der Waals surface area contributed by atoms with E-state index in [0.717, 1.165) is 0 Å². The minimum absolute atomic E-state index is 0.0171. The van der Waals surface area contributed by atoms with Gasteiger partial charge in [0.2, 0.25) is 5.91 Å². The van der Waals surface area contributed by atoms with Gasteiger partial charge in [0.25, 0.3) is 0 Å². The normalized spacial score (nSPS) is 13.9. The summed E-state index contributed by atoms with van der Waals surface area (Å²) in [5.41, 5.74) is 5.50. The lowest BCUT2D eigenvalue weighted by atomic mass is 9.89. The van der Waals surface area contributed by atoms with E-state index in [4.69, 9.17) is 10.8 Å². The third kappa shape index (κ3) is 5.47. The summed E-state index contributed by atoms with van der Waals surface area (Å²) in [6.45, 7) is 9.14. The van der Waals surface area contributed by atoms with E-state index in [-0.39, 0.29) is 29.8 Å². The van der Waals surface area contributed by atoms with Crippen LogP contribution in [0.1, 0.15) is 34.1 Å². The smallest absolute Gasteiger partial charge is 0.224 e. The van der Waals surface area contributed by atoms with E-state index in [1.807, 2.05) is 27.7 Å². The second kappa shape index (κ2) is 6.86. The Morgan fingerprint density at radius 2 is 2.00 bits per heavy atom. The summed E-state index contributed by atoms with van der Waals surface area (Å²) in [5.74, 6) is 0.152. The Morgan fingerprint density at radius 3 is 2.38 bits per heavy atom. The number of nitrogens with one attached hydrogen (secondary N) is 1. The van der Waals surface area contributed by atoms with Gasteiger partial charge in [-0.25, -0.2) is 0 Å². The molecule has 1 atom stereocenters. The van der Waals surface area contributed by atoms with E-state index in [2.05, 4.69) is 5.32 Å². The zero-order valence-electron chi connectivity index (χ0n) is 10.9. The summed E-state index contributed by atoms with van der Waals surface area (Å²) in [5, 5.41) is 11.8. The number of aliphatic hydroxyl groups is 1. The lowest BCUT2D eigenvalue weighted by molar-refractivity contribution is -0.126. The Hall–Kier alpha value is -0.610. The quantitative estimate of drug-likeness (QED) is 0.604. The predicted molar refractivity (Wildman–Crippen MR) is 65.9 cm³/mol. The van der Waals surface area contributed by atoms with Gasteiger partial charge in [0, 0.05) is 19.7 Å². The number of carbonyl (C=O) groups excluding carboxylic acids is 1. The van der Waals surface area contributed by atoms with Crippen molar-refractivity contribution < 1.29 is 9.90 Å². The van der Waals surface area contributed by atoms with Crippen LogP contribution in [0.5, 0.6) is 0 Å². The van der Waals surface area contributed by atoms with Gasteiger partial charge in [-0.05, 0) is 17.8 Å². The second-order valence-corrected chi connectivity index (χ2v) is 5.44. The van der Waals surface area contributed by atoms with Gasteiger partial charge in [-0.15, -0.1) is 0 Å². The monoisotopic (exact) mass is 230 g/mol. The highest BCUT2D eigenvalue weighted by Gasteiger charge is 2.23. The van der Waals surface area contributed by atoms with Gasteiger partial charge < -0.3 is 16.2 Å². The molecule has 4 nitrogen and oxygen atoms in total. The number of nitrogens with two attached hydrogens (primary N) is 1. The van der Waals surface area contributed by atoms with Gasteiger partial charge in [-0.2, -0.15) is 0 Å². The van der Waals surface area contributed by atoms with Crippen LogP contribution in [0, 0.1) is 17.3 Å². The van der Waals surface area contributed by atoms with E-state index in [1.165, 1.54) is 0 Å². The van der Waals surface area contributed by atoms with Crippen molar-refractivity contribution in [3.63, 3.8) is 0 Å². The third-order valence-electron chi connectivity index (χ3n) is 2.93. The molecular formula is C12H26N2O2. The highest BCUT2D eigenvalue weighted by molar-refractivity contribution is 5.79. The summed E-state index contributed by atoms with van der Waals surface area (Å²) >= 11 is 0.